The van der Waals surface area contributed by atoms with Gasteiger partial charge in [-0.1, -0.05) is 43.2 Å². The van der Waals surface area contributed by atoms with E-state index >= 15 is 0 Å². The maximum atomic E-state index is 13.0. The Kier molecular flexibility index (Phi) is 5.50. The molecule has 160 valence electrons. The van der Waals surface area contributed by atoms with Crippen LogP contribution in [0.4, 0.5) is 5.82 Å². The van der Waals surface area contributed by atoms with E-state index in [2.05, 4.69) is 10.3 Å². The van der Waals surface area contributed by atoms with E-state index in [4.69, 9.17) is 4.98 Å². The number of aromatic nitrogens is 3. The van der Waals surface area contributed by atoms with Gasteiger partial charge in [-0.2, -0.15) is 0 Å². The third kappa shape index (κ3) is 4.04. The average molecular weight is 425 g/mol. The summed E-state index contributed by atoms with van der Waals surface area (Å²) in [7, 11) is 0. The van der Waals surface area contributed by atoms with Crippen LogP contribution in [0.1, 0.15) is 41.9 Å². The summed E-state index contributed by atoms with van der Waals surface area (Å²) in [6.45, 7) is 0.712. The zero-order valence-electron chi connectivity index (χ0n) is 17.8. The minimum Gasteiger partial charge on any atom is -0.307 e. The van der Waals surface area contributed by atoms with E-state index in [-0.39, 0.29) is 11.5 Å². The number of pyridine rings is 1. The number of benzene rings is 2. The molecule has 1 aliphatic heterocycles. The Hall–Kier alpha value is -3.80. The predicted molar refractivity (Wildman–Crippen MR) is 126 cm³/mol. The SMILES string of the molecule is O=C(Nc1ccc(-c2ccccc2)cn1)c1ccc2c(=O)n3c(nc2c1)CCCCCC3. The Balaban J connectivity index is 1.40. The molecule has 0 spiro atoms. The summed E-state index contributed by atoms with van der Waals surface area (Å²) in [6, 6.07) is 18.8. The molecule has 4 aromatic rings. The number of rotatable bonds is 3. The molecule has 32 heavy (non-hydrogen) atoms. The summed E-state index contributed by atoms with van der Waals surface area (Å²) in [4.78, 5) is 34.9. The lowest BCUT2D eigenvalue weighted by Gasteiger charge is -2.16. The van der Waals surface area contributed by atoms with E-state index in [0.717, 1.165) is 49.1 Å². The molecule has 1 N–H and O–H groups in total. The van der Waals surface area contributed by atoms with Crippen molar-refractivity contribution in [3.63, 3.8) is 0 Å². The van der Waals surface area contributed by atoms with Gasteiger partial charge in [0, 0.05) is 30.3 Å². The Morgan fingerprint density at radius 1 is 0.906 bits per heavy atom. The van der Waals surface area contributed by atoms with Crippen molar-refractivity contribution >= 4 is 22.6 Å². The Morgan fingerprint density at radius 2 is 1.75 bits per heavy atom. The number of carbonyl (C=O) groups excluding carboxylic acids is 1. The molecule has 3 heterocycles. The lowest BCUT2D eigenvalue weighted by molar-refractivity contribution is 0.102. The first-order chi connectivity index (χ1) is 15.7. The van der Waals surface area contributed by atoms with Gasteiger partial charge >= 0.3 is 0 Å². The Labute approximate surface area is 186 Å². The van der Waals surface area contributed by atoms with Crippen LogP contribution in [0.2, 0.25) is 0 Å². The van der Waals surface area contributed by atoms with Gasteiger partial charge in [0.05, 0.1) is 10.9 Å². The quantitative estimate of drug-likeness (QED) is 0.511. The van der Waals surface area contributed by atoms with Gasteiger partial charge < -0.3 is 5.32 Å². The first-order valence-electron chi connectivity index (χ1n) is 11.1. The monoisotopic (exact) mass is 424 g/mol. The van der Waals surface area contributed by atoms with E-state index in [1.807, 2.05) is 36.4 Å². The van der Waals surface area contributed by atoms with Gasteiger partial charge in [-0.05, 0) is 48.7 Å². The number of aryl methyl sites for hydroxylation is 1. The van der Waals surface area contributed by atoms with Crippen LogP contribution in [0, 0.1) is 0 Å². The number of nitrogens with zero attached hydrogens (tertiary/aromatic N) is 3. The summed E-state index contributed by atoms with van der Waals surface area (Å²) in [5.41, 5.74) is 3.06. The van der Waals surface area contributed by atoms with Gasteiger partial charge in [0.1, 0.15) is 11.6 Å². The van der Waals surface area contributed by atoms with Crippen LogP contribution in [-0.4, -0.2) is 20.4 Å². The molecule has 6 nitrogen and oxygen atoms in total. The van der Waals surface area contributed by atoms with Gasteiger partial charge in [0.25, 0.3) is 11.5 Å². The largest absolute Gasteiger partial charge is 0.307 e. The molecule has 0 saturated carbocycles. The zero-order valence-corrected chi connectivity index (χ0v) is 17.8. The molecular weight excluding hydrogens is 400 g/mol. The maximum absolute atomic E-state index is 13.0. The van der Waals surface area contributed by atoms with Crippen molar-refractivity contribution in [2.45, 2.75) is 38.6 Å². The van der Waals surface area contributed by atoms with Crippen molar-refractivity contribution in [2.75, 3.05) is 5.32 Å². The number of hydrogen-bond donors (Lipinski definition) is 1. The molecule has 0 aliphatic carbocycles. The lowest BCUT2D eigenvalue weighted by atomic mass is 10.1. The molecular formula is C26H24N4O2. The van der Waals surface area contributed by atoms with E-state index in [0.29, 0.717) is 28.8 Å². The summed E-state index contributed by atoms with van der Waals surface area (Å²) in [5.74, 6) is 1.01. The third-order valence-corrected chi connectivity index (χ3v) is 5.94. The fourth-order valence-corrected chi connectivity index (χ4v) is 4.19. The molecule has 1 aliphatic rings. The Bertz CT molecular complexity index is 1330. The van der Waals surface area contributed by atoms with Crippen LogP contribution in [0.15, 0.2) is 71.7 Å². The Morgan fingerprint density at radius 3 is 2.56 bits per heavy atom. The fraction of sp³-hybridized carbons (Fsp3) is 0.231. The molecule has 0 unspecified atom stereocenters. The number of fused-ring (bicyclic) bond motifs is 2. The van der Waals surface area contributed by atoms with E-state index in [1.165, 1.54) is 0 Å². The van der Waals surface area contributed by atoms with Gasteiger partial charge in [-0.15, -0.1) is 0 Å². The molecule has 2 aromatic heterocycles. The minimum atomic E-state index is -0.277. The summed E-state index contributed by atoms with van der Waals surface area (Å²) >= 11 is 0. The van der Waals surface area contributed by atoms with Gasteiger partial charge in [-0.3, -0.25) is 14.2 Å². The second-order valence-electron chi connectivity index (χ2n) is 8.13. The van der Waals surface area contributed by atoms with Crippen LogP contribution in [-0.2, 0) is 13.0 Å². The number of hydrogen-bond acceptors (Lipinski definition) is 4. The van der Waals surface area contributed by atoms with Gasteiger partial charge in [0.15, 0.2) is 0 Å². The first-order valence-corrected chi connectivity index (χ1v) is 11.1. The third-order valence-electron chi connectivity index (χ3n) is 5.94. The van der Waals surface area contributed by atoms with Crippen LogP contribution >= 0.6 is 0 Å². The second-order valence-corrected chi connectivity index (χ2v) is 8.13. The average Bonchev–Trinajstić information content (AvgIpc) is 2.81. The fourth-order valence-electron chi connectivity index (χ4n) is 4.19. The molecule has 0 radical (unpaired) electrons. The standard InChI is InChI=1S/C26H24N4O2/c31-25(29-23-14-12-20(17-27-23)18-8-4-3-5-9-18)19-11-13-21-22(16-19)28-24-10-6-1-2-7-15-30(24)26(21)32/h3-5,8-9,11-14,16-17H,1-2,6-7,10,15H2,(H,27,29,31). The zero-order chi connectivity index (χ0) is 21.9. The molecule has 0 bridgehead atoms. The smallest absolute Gasteiger partial charge is 0.261 e. The van der Waals surface area contributed by atoms with Crippen molar-refractivity contribution in [3.05, 3.63) is 88.6 Å². The van der Waals surface area contributed by atoms with Crippen LogP contribution < -0.4 is 10.9 Å². The lowest BCUT2D eigenvalue weighted by Crippen LogP contribution is -2.26. The number of anilines is 1. The van der Waals surface area contributed by atoms with Gasteiger partial charge in [0.2, 0.25) is 0 Å². The minimum absolute atomic E-state index is 0.0166. The van der Waals surface area contributed by atoms with Crippen molar-refractivity contribution in [1.82, 2.24) is 14.5 Å². The highest BCUT2D eigenvalue weighted by atomic mass is 16.1. The molecule has 5 rings (SSSR count). The molecule has 0 saturated heterocycles. The summed E-state index contributed by atoms with van der Waals surface area (Å²) < 4.78 is 1.81. The topological polar surface area (TPSA) is 76.9 Å². The first kappa shape index (κ1) is 20.1. The highest BCUT2D eigenvalue weighted by Gasteiger charge is 2.15. The molecule has 2 aromatic carbocycles. The van der Waals surface area contributed by atoms with Crippen LogP contribution in [0.5, 0.6) is 0 Å². The molecule has 6 heteroatoms. The predicted octanol–water partition coefficient (Wildman–Crippen LogP) is 4.83. The van der Waals surface area contributed by atoms with Crippen LogP contribution in [0.3, 0.4) is 0 Å². The highest BCUT2D eigenvalue weighted by molar-refractivity contribution is 6.05. The molecule has 0 fully saturated rings. The van der Waals surface area contributed by atoms with Crippen LogP contribution in [0.25, 0.3) is 22.0 Å². The van der Waals surface area contributed by atoms with E-state index < -0.39 is 0 Å². The van der Waals surface area contributed by atoms with Crippen molar-refractivity contribution in [2.24, 2.45) is 0 Å². The second kappa shape index (κ2) is 8.75. The number of carbonyl (C=O) groups is 1. The molecule has 1 amide bonds. The summed E-state index contributed by atoms with van der Waals surface area (Å²) in [6.07, 6.45) is 6.86. The normalized spacial score (nSPS) is 13.8. The summed E-state index contributed by atoms with van der Waals surface area (Å²) in [5, 5.41) is 3.39. The maximum Gasteiger partial charge on any atom is 0.261 e. The number of amides is 1. The van der Waals surface area contributed by atoms with Crippen molar-refractivity contribution in [1.29, 1.82) is 0 Å². The van der Waals surface area contributed by atoms with E-state index in [1.54, 1.807) is 35.0 Å². The molecule has 0 atom stereocenters. The van der Waals surface area contributed by atoms with Gasteiger partial charge in [-0.25, -0.2) is 9.97 Å². The van der Waals surface area contributed by atoms with E-state index in [9.17, 15) is 9.59 Å². The van der Waals surface area contributed by atoms with Crippen molar-refractivity contribution in [3.8, 4) is 11.1 Å². The van der Waals surface area contributed by atoms with Crippen molar-refractivity contribution < 1.29 is 4.79 Å². The number of nitrogens with one attached hydrogen (secondary N) is 1. The highest BCUT2D eigenvalue weighted by Crippen LogP contribution is 2.20.